The fourth-order valence-corrected chi connectivity index (χ4v) is 4.67. The maximum absolute atomic E-state index is 13.5. The Kier molecular flexibility index (Phi) is 7.83. The van der Waals surface area contributed by atoms with E-state index in [9.17, 15) is 9.18 Å². The van der Waals surface area contributed by atoms with E-state index in [-0.39, 0.29) is 24.7 Å². The van der Waals surface area contributed by atoms with Crippen molar-refractivity contribution < 1.29 is 23.3 Å². The molecular formula is C29H28FN3O5S. The van der Waals surface area contributed by atoms with Gasteiger partial charge in [-0.15, -0.1) is 0 Å². The van der Waals surface area contributed by atoms with Gasteiger partial charge in [-0.3, -0.25) is 4.79 Å². The molecule has 0 saturated heterocycles. The SMILES string of the molecule is COc1ccc(CCNC(=S)N(Cc2ccc(F)cc2)Cc2cc3cc4c(cc3[nH]c2=O)OCO4)cc1OC. The molecule has 0 fully saturated rings. The average molecular weight is 550 g/mol. The third-order valence-electron chi connectivity index (χ3n) is 6.49. The minimum absolute atomic E-state index is 0.150. The molecule has 0 radical (unpaired) electrons. The van der Waals surface area contributed by atoms with E-state index in [0.29, 0.717) is 58.7 Å². The van der Waals surface area contributed by atoms with Crippen LogP contribution in [0.1, 0.15) is 16.7 Å². The topological polar surface area (TPSA) is 85.1 Å². The first-order chi connectivity index (χ1) is 18.9. The van der Waals surface area contributed by atoms with Crippen LogP contribution in [0.3, 0.4) is 0 Å². The van der Waals surface area contributed by atoms with Gasteiger partial charge in [0.05, 0.1) is 26.3 Å². The summed E-state index contributed by atoms with van der Waals surface area (Å²) in [5.74, 6) is 2.25. The molecule has 39 heavy (non-hydrogen) atoms. The molecule has 3 aromatic carbocycles. The lowest BCUT2D eigenvalue weighted by atomic mass is 10.1. The standard InChI is InChI=1S/C29H28FN3O5S/c1-35-24-8-5-18(11-25(24)36-2)9-10-31-29(39)33(15-19-3-6-22(30)7-4-19)16-21-12-20-13-26-27(38-17-37-26)14-23(20)32-28(21)34/h3-8,11-14H,9-10,15-17H2,1-2H3,(H,31,39)(H,32,34). The highest BCUT2D eigenvalue weighted by atomic mass is 32.1. The van der Waals surface area contributed by atoms with Crippen molar-refractivity contribution in [3.63, 3.8) is 0 Å². The van der Waals surface area contributed by atoms with Crippen LogP contribution in [0, 0.1) is 5.82 Å². The smallest absolute Gasteiger partial charge is 0.253 e. The number of pyridine rings is 1. The molecule has 202 valence electrons. The van der Waals surface area contributed by atoms with Crippen LogP contribution in [0.25, 0.3) is 10.9 Å². The van der Waals surface area contributed by atoms with Crippen molar-refractivity contribution in [3.8, 4) is 23.0 Å². The van der Waals surface area contributed by atoms with E-state index in [1.165, 1.54) is 12.1 Å². The Morgan fingerprint density at radius 2 is 1.69 bits per heavy atom. The number of methoxy groups -OCH3 is 2. The summed E-state index contributed by atoms with van der Waals surface area (Å²) in [6.07, 6.45) is 0.689. The van der Waals surface area contributed by atoms with E-state index >= 15 is 0 Å². The molecule has 0 bridgehead atoms. The fraction of sp³-hybridized carbons (Fsp3) is 0.241. The molecule has 8 nitrogen and oxygen atoms in total. The molecule has 1 aliphatic rings. The highest BCUT2D eigenvalue weighted by Gasteiger charge is 2.18. The molecule has 2 N–H and O–H groups in total. The Morgan fingerprint density at radius 3 is 2.44 bits per heavy atom. The quantitative estimate of drug-likeness (QED) is 0.295. The second kappa shape index (κ2) is 11.6. The Bertz CT molecular complexity index is 1560. The van der Waals surface area contributed by atoms with E-state index in [0.717, 1.165) is 16.5 Å². The maximum Gasteiger partial charge on any atom is 0.253 e. The second-order valence-electron chi connectivity index (χ2n) is 9.07. The summed E-state index contributed by atoms with van der Waals surface area (Å²) >= 11 is 5.75. The fourth-order valence-electron chi connectivity index (χ4n) is 4.44. The number of aromatic amines is 1. The lowest BCUT2D eigenvalue weighted by molar-refractivity contribution is 0.174. The number of benzene rings is 3. The van der Waals surface area contributed by atoms with E-state index in [1.807, 2.05) is 35.2 Å². The first-order valence-corrected chi connectivity index (χ1v) is 12.8. The number of thiocarbonyl (C=S) groups is 1. The average Bonchev–Trinajstić information content (AvgIpc) is 3.40. The summed E-state index contributed by atoms with van der Waals surface area (Å²) in [5, 5.41) is 4.60. The summed E-state index contributed by atoms with van der Waals surface area (Å²) < 4.78 is 35.1. The summed E-state index contributed by atoms with van der Waals surface area (Å²) in [7, 11) is 3.20. The Balaban J connectivity index is 1.34. The van der Waals surface area contributed by atoms with E-state index in [4.69, 9.17) is 31.2 Å². The van der Waals surface area contributed by atoms with Gasteiger partial charge in [-0.05, 0) is 66.2 Å². The van der Waals surface area contributed by atoms with Crippen molar-refractivity contribution >= 4 is 28.2 Å². The largest absolute Gasteiger partial charge is 0.493 e. The van der Waals surface area contributed by atoms with Gasteiger partial charge in [-0.1, -0.05) is 18.2 Å². The van der Waals surface area contributed by atoms with Crippen molar-refractivity contribution in [1.29, 1.82) is 0 Å². The van der Waals surface area contributed by atoms with Crippen LogP contribution in [-0.2, 0) is 19.5 Å². The number of hydrogen-bond donors (Lipinski definition) is 2. The van der Waals surface area contributed by atoms with Crippen LogP contribution < -0.4 is 29.8 Å². The summed E-state index contributed by atoms with van der Waals surface area (Å²) in [4.78, 5) is 17.8. The molecule has 1 aliphatic heterocycles. The van der Waals surface area contributed by atoms with Crippen LogP contribution in [0.15, 0.2) is 65.5 Å². The number of fused-ring (bicyclic) bond motifs is 2. The lowest BCUT2D eigenvalue weighted by Gasteiger charge is -2.26. The van der Waals surface area contributed by atoms with E-state index in [1.54, 1.807) is 32.4 Å². The number of nitrogens with one attached hydrogen (secondary N) is 2. The van der Waals surface area contributed by atoms with Gasteiger partial charge in [0, 0.05) is 30.1 Å². The van der Waals surface area contributed by atoms with Gasteiger partial charge in [-0.2, -0.15) is 0 Å². The van der Waals surface area contributed by atoms with Gasteiger partial charge >= 0.3 is 0 Å². The zero-order valence-electron chi connectivity index (χ0n) is 21.6. The molecule has 0 saturated carbocycles. The monoisotopic (exact) mass is 549 g/mol. The number of hydrogen-bond acceptors (Lipinski definition) is 6. The minimum atomic E-state index is -0.314. The summed E-state index contributed by atoms with van der Waals surface area (Å²) in [6.45, 7) is 1.35. The Hall–Kier alpha value is -4.31. The first-order valence-electron chi connectivity index (χ1n) is 12.4. The lowest BCUT2D eigenvalue weighted by Crippen LogP contribution is -2.40. The van der Waals surface area contributed by atoms with Crippen LogP contribution in [-0.4, -0.2) is 42.6 Å². The summed E-state index contributed by atoms with van der Waals surface area (Å²) in [6, 6.07) is 17.5. The van der Waals surface area contributed by atoms with Crippen molar-refractivity contribution in [2.24, 2.45) is 0 Å². The van der Waals surface area contributed by atoms with Crippen LogP contribution in [0.2, 0.25) is 0 Å². The van der Waals surface area contributed by atoms with E-state index < -0.39 is 0 Å². The number of ether oxygens (including phenoxy) is 4. The minimum Gasteiger partial charge on any atom is -0.493 e. The molecule has 0 spiro atoms. The van der Waals surface area contributed by atoms with Crippen molar-refractivity contribution in [2.45, 2.75) is 19.5 Å². The summed E-state index contributed by atoms with van der Waals surface area (Å²) in [5.41, 5.74) is 2.89. The van der Waals surface area contributed by atoms with Gasteiger partial charge in [-0.25, -0.2) is 4.39 Å². The molecule has 0 atom stereocenters. The third kappa shape index (κ3) is 6.06. The molecule has 0 amide bonds. The third-order valence-corrected chi connectivity index (χ3v) is 6.89. The van der Waals surface area contributed by atoms with Crippen molar-refractivity contribution in [2.75, 3.05) is 27.6 Å². The number of H-pyrrole nitrogens is 1. The van der Waals surface area contributed by atoms with Gasteiger partial charge < -0.3 is 34.1 Å². The Morgan fingerprint density at radius 1 is 0.974 bits per heavy atom. The first kappa shape index (κ1) is 26.3. The second-order valence-corrected chi connectivity index (χ2v) is 9.46. The highest BCUT2D eigenvalue weighted by Crippen LogP contribution is 2.35. The molecule has 1 aromatic heterocycles. The van der Waals surface area contributed by atoms with Gasteiger partial charge in [0.15, 0.2) is 28.1 Å². The molecule has 5 rings (SSSR count). The van der Waals surface area contributed by atoms with Gasteiger partial charge in [0.25, 0.3) is 5.56 Å². The zero-order valence-corrected chi connectivity index (χ0v) is 22.4. The van der Waals surface area contributed by atoms with Crippen LogP contribution in [0.4, 0.5) is 4.39 Å². The molecule has 10 heteroatoms. The van der Waals surface area contributed by atoms with Gasteiger partial charge in [0.1, 0.15) is 5.82 Å². The number of nitrogens with zero attached hydrogens (tertiary/aromatic N) is 1. The van der Waals surface area contributed by atoms with Gasteiger partial charge in [0.2, 0.25) is 6.79 Å². The van der Waals surface area contributed by atoms with Crippen LogP contribution in [0.5, 0.6) is 23.0 Å². The van der Waals surface area contributed by atoms with Crippen LogP contribution >= 0.6 is 12.2 Å². The number of aromatic nitrogens is 1. The normalized spacial score (nSPS) is 11.9. The number of rotatable bonds is 9. The highest BCUT2D eigenvalue weighted by molar-refractivity contribution is 7.80. The molecule has 4 aromatic rings. The van der Waals surface area contributed by atoms with Crippen molar-refractivity contribution in [3.05, 3.63) is 93.5 Å². The number of halogens is 1. The molecule has 2 heterocycles. The molecule has 0 unspecified atom stereocenters. The predicted octanol–water partition coefficient (Wildman–Crippen LogP) is 4.53. The maximum atomic E-state index is 13.5. The zero-order chi connectivity index (χ0) is 27.4. The molecule has 0 aliphatic carbocycles. The molecular weight excluding hydrogens is 521 g/mol. The predicted molar refractivity (Wildman–Crippen MR) is 150 cm³/mol. The van der Waals surface area contributed by atoms with E-state index in [2.05, 4.69) is 10.3 Å². The van der Waals surface area contributed by atoms with Crippen molar-refractivity contribution in [1.82, 2.24) is 15.2 Å². The Labute approximate surface area is 230 Å².